The van der Waals surface area contributed by atoms with Gasteiger partial charge in [0.1, 0.15) is 5.82 Å². The number of carbonyl (C=O) groups is 1. The number of rotatable bonds is 5. The van der Waals surface area contributed by atoms with Crippen LogP contribution in [0.2, 0.25) is 0 Å². The number of nitrogens with zero attached hydrogens (tertiary/aromatic N) is 3. The van der Waals surface area contributed by atoms with E-state index in [-0.39, 0.29) is 37.2 Å². The van der Waals surface area contributed by atoms with E-state index in [1.165, 1.54) is 0 Å². The van der Waals surface area contributed by atoms with Gasteiger partial charge in [-0.3, -0.25) is 9.69 Å². The molecular weight excluding hydrogens is 272 g/mol. The molecule has 1 aliphatic heterocycles. The topological polar surface area (TPSA) is 79.6 Å². The standard InChI is InChI=1S/C14H24N4O3/c1-10(2)18-13(4-5-15-18)16-14(20)7-17-6-12(8-19)21-9-11(17)3/h4-5,10-12,19H,6-9H2,1-3H3,(H,16,20). The quantitative estimate of drug-likeness (QED) is 0.826. The second-order valence-corrected chi connectivity index (χ2v) is 5.72. The summed E-state index contributed by atoms with van der Waals surface area (Å²) in [5.41, 5.74) is 0. The van der Waals surface area contributed by atoms with E-state index in [1.807, 2.05) is 25.7 Å². The Balaban J connectivity index is 1.93. The molecule has 2 rings (SSSR count). The normalized spacial score (nSPS) is 23.5. The predicted octanol–water partition coefficient (Wildman–Crippen LogP) is 0.484. The number of carbonyl (C=O) groups excluding carboxylic acids is 1. The minimum Gasteiger partial charge on any atom is -0.394 e. The Labute approximate surface area is 124 Å². The van der Waals surface area contributed by atoms with E-state index in [0.717, 1.165) is 0 Å². The van der Waals surface area contributed by atoms with Gasteiger partial charge in [-0.15, -0.1) is 0 Å². The smallest absolute Gasteiger partial charge is 0.239 e. The van der Waals surface area contributed by atoms with Crippen LogP contribution in [0.5, 0.6) is 0 Å². The van der Waals surface area contributed by atoms with E-state index in [2.05, 4.69) is 10.4 Å². The Morgan fingerprint density at radius 2 is 2.38 bits per heavy atom. The van der Waals surface area contributed by atoms with Gasteiger partial charge in [-0.25, -0.2) is 4.68 Å². The SMILES string of the molecule is CC1COC(CO)CN1CC(=O)Nc1ccnn1C(C)C. The Morgan fingerprint density at radius 3 is 3.05 bits per heavy atom. The predicted molar refractivity (Wildman–Crippen MR) is 79.1 cm³/mol. The van der Waals surface area contributed by atoms with Crippen molar-refractivity contribution >= 4 is 11.7 Å². The lowest BCUT2D eigenvalue weighted by Gasteiger charge is -2.36. The third kappa shape index (κ3) is 4.03. The average Bonchev–Trinajstić information content (AvgIpc) is 2.89. The monoisotopic (exact) mass is 296 g/mol. The molecule has 0 aromatic carbocycles. The highest BCUT2D eigenvalue weighted by Crippen LogP contribution is 2.14. The van der Waals surface area contributed by atoms with E-state index in [4.69, 9.17) is 4.74 Å². The fourth-order valence-corrected chi connectivity index (χ4v) is 2.40. The summed E-state index contributed by atoms with van der Waals surface area (Å²) < 4.78 is 7.25. The van der Waals surface area contributed by atoms with Crippen LogP contribution in [-0.4, -0.2) is 64.1 Å². The minimum absolute atomic E-state index is 0.0229. The molecule has 1 aromatic heterocycles. The molecule has 0 bridgehead atoms. The molecule has 1 saturated heterocycles. The summed E-state index contributed by atoms with van der Waals surface area (Å²) in [6.07, 6.45) is 1.46. The van der Waals surface area contributed by atoms with Crippen LogP contribution in [0.1, 0.15) is 26.8 Å². The number of anilines is 1. The molecule has 0 radical (unpaired) electrons. The zero-order valence-electron chi connectivity index (χ0n) is 12.8. The molecule has 1 aromatic rings. The summed E-state index contributed by atoms with van der Waals surface area (Å²) in [6, 6.07) is 2.14. The van der Waals surface area contributed by atoms with E-state index < -0.39 is 0 Å². The highest BCUT2D eigenvalue weighted by Gasteiger charge is 2.27. The summed E-state index contributed by atoms with van der Waals surface area (Å²) in [4.78, 5) is 14.2. The molecule has 0 aliphatic carbocycles. The largest absolute Gasteiger partial charge is 0.394 e. The van der Waals surface area contributed by atoms with Crippen molar-refractivity contribution in [3.8, 4) is 0 Å². The lowest BCUT2D eigenvalue weighted by molar-refractivity contribution is -0.122. The summed E-state index contributed by atoms with van der Waals surface area (Å²) in [7, 11) is 0. The zero-order valence-corrected chi connectivity index (χ0v) is 12.8. The average molecular weight is 296 g/mol. The first-order chi connectivity index (χ1) is 10.0. The van der Waals surface area contributed by atoms with Crippen LogP contribution < -0.4 is 5.32 Å². The molecule has 7 heteroatoms. The number of hydrogen-bond donors (Lipinski definition) is 2. The van der Waals surface area contributed by atoms with E-state index in [1.54, 1.807) is 16.9 Å². The van der Waals surface area contributed by atoms with E-state index >= 15 is 0 Å². The maximum atomic E-state index is 12.2. The molecule has 21 heavy (non-hydrogen) atoms. The Kier molecular flexibility index (Phi) is 5.33. The van der Waals surface area contributed by atoms with Gasteiger partial charge in [-0.2, -0.15) is 5.10 Å². The van der Waals surface area contributed by atoms with Gasteiger partial charge in [0.05, 0.1) is 32.1 Å². The van der Waals surface area contributed by atoms with Crippen molar-refractivity contribution < 1.29 is 14.6 Å². The second kappa shape index (κ2) is 7.02. The van der Waals surface area contributed by atoms with Crippen LogP contribution in [0.15, 0.2) is 12.3 Å². The molecule has 2 heterocycles. The number of aliphatic hydroxyl groups is 1. The molecular formula is C14H24N4O3. The maximum Gasteiger partial charge on any atom is 0.239 e. The molecule has 1 amide bonds. The van der Waals surface area contributed by atoms with Gasteiger partial charge < -0.3 is 15.2 Å². The number of ether oxygens (including phenoxy) is 1. The summed E-state index contributed by atoms with van der Waals surface area (Å²) in [6.45, 7) is 7.39. The van der Waals surface area contributed by atoms with Gasteiger partial charge in [-0.05, 0) is 20.8 Å². The lowest BCUT2D eigenvalue weighted by atomic mass is 10.2. The third-order valence-corrected chi connectivity index (χ3v) is 3.61. The number of amides is 1. The first-order valence-electron chi connectivity index (χ1n) is 7.31. The van der Waals surface area contributed by atoms with Gasteiger partial charge in [-0.1, -0.05) is 0 Å². The Morgan fingerprint density at radius 1 is 1.62 bits per heavy atom. The van der Waals surface area contributed by atoms with Gasteiger partial charge in [0.2, 0.25) is 5.91 Å². The van der Waals surface area contributed by atoms with Crippen LogP contribution in [0.4, 0.5) is 5.82 Å². The van der Waals surface area contributed by atoms with Crippen LogP contribution in [0.3, 0.4) is 0 Å². The Bertz CT molecular complexity index is 475. The number of morpholine rings is 1. The molecule has 118 valence electrons. The molecule has 1 fully saturated rings. The summed E-state index contributed by atoms with van der Waals surface area (Å²) >= 11 is 0. The van der Waals surface area contributed by atoms with Gasteiger partial charge in [0, 0.05) is 24.7 Å². The summed E-state index contributed by atoms with van der Waals surface area (Å²) in [5, 5.41) is 16.3. The van der Waals surface area contributed by atoms with Crippen molar-refractivity contribution in [1.82, 2.24) is 14.7 Å². The first kappa shape index (κ1) is 15.9. The highest BCUT2D eigenvalue weighted by molar-refractivity contribution is 5.91. The fourth-order valence-electron chi connectivity index (χ4n) is 2.40. The highest BCUT2D eigenvalue weighted by atomic mass is 16.5. The molecule has 7 nitrogen and oxygen atoms in total. The van der Waals surface area contributed by atoms with E-state index in [0.29, 0.717) is 19.0 Å². The van der Waals surface area contributed by atoms with Gasteiger partial charge in [0.15, 0.2) is 0 Å². The van der Waals surface area contributed by atoms with Crippen molar-refractivity contribution in [2.45, 2.75) is 39.0 Å². The summed E-state index contributed by atoms with van der Waals surface area (Å²) in [5.74, 6) is 0.623. The number of hydrogen-bond acceptors (Lipinski definition) is 5. The van der Waals surface area contributed by atoms with Crippen LogP contribution in [-0.2, 0) is 9.53 Å². The van der Waals surface area contributed by atoms with Crippen LogP contribution in [0, 0.1) is 0 Å². The molecule has 0 saturated carbocycles. The van der Waals surface area contributed by atoms with Gasteiger partial charge >= 0.3 is 0 Å². The van der Waals surface area contributed by atoms with Crippen molar-refractivity contribution in [2.24, 2.45) is 0 Å². The van der Waals surface area contributed by atoms with Crippen molar-refractivity contribution in [3.63, 3.8) is 0 Å². The maximum absolute atomic E-state index is 12.2. The molecule has 0 spiro atoms. The molecule has 2 unspecified atom stereocenters. The van der Waals surface area contributed by atoms with Crippen molar-refractivity contribution in [2.75, 3.05) is 31.6 Å². The van der Waals surface area contributed by atoms with Gasteiger partial charge in [0.25, 0.3) is 0 Å². The van der Waals surface area contributed by atoms with E-state index in [9.17, 15) is 9.90 Å². The molecule has 2 N–H and O–H groups in total. The van der Waals surface area contributed by atoms with Crippen molar-refractivity contribution in [1.29, 1.82) is 0 Å². The van der Waals surface area contributed by atoms with Crippen LogP contribution in [0.25, 0.3) is 0 Å². The zero-order chi connectivity index (χ0) is 15.4. The third-order valence-electron chi connectivity index (χ3n) is 3.61. The fraction of sp³-hybridized carbons (Fsp3) is 0.714. The van der Waals surface area contributed by atoms with Crippen LogP contribution >= 0.6 is 0 Å². The first-order valence-corrected chi connectivity index (χ1v) is 7.31. The number of aromatic nitrogens is 2. The number of aliphatic hydroxyl groups excluding tert-OH is 1. The Hall–Kier alpha value is -1.44. The lowest BCUT2D eigenvalue weighted by Crippen LogP contribution is -2.51. The molecule has 1 aliphatic rings. The number of nitrogens with one attached hydrogen (secondary N) is 1. The molecule has 2 atom stereocenters. The second-order valence-electron chi connectivity index (χ2n) is 5.72. The minimum atomic E-state index is -0.213. The van der Waals surface area contributed by atoms with Crippen molar-refractivity contribution in [3.05, 3.63) is 12.3 Å².